The van der Waals surface area contributed by atoms with Crippen LogP contribution in [-0.2, 0) is 20.7 Å². The summed E-state index contributed by atoms with van der Waals surface area (Å²) in [4.78, 5) is 33.1. The van der Waals surface area contributed by atoms with E-state index < -0.39 is 24.1 Å². The zero-order valence-corrected chi connectivity index (χ0v) is 26.9. The number of halogens is 2. The number of benzene rings is 3. The number of aliphatic hydroxyl groups is 1. The SMILES string of the molecule is CCCc1c(OCC(O)CN2CCC(OC(c3ccc(F)cc3)c3ccc(F)cc3)CC2)ccc(C(C)=O)c1O.O=C(O)/C=C/C(=O)O. The molecule has 1 atom stereocenters. The highest BCUT2D eigenvalue weighted by Gasteiger charge is 2.26. The van der Waals surface area contributed by atoms with Crippen molar-refractivity contribution in [2.24, 2.45) is 0 Å². The summed E-state index contributed by atoms with van der Waals surface area (Å²) < 4.78 is 39.4. The summed E-state index contributed by atoms with van der Waals surface area (Å²) in [5.74, 6) is -2.96. The van der Waals surface area contributed by atoms with Crippen molar-refractivity contribution >= 4 is 17.7 Å². The molecule has 3 aromatic rings. The number of aliphatic carboxylic acids is 2. The van der Waals surface area contributed by atoms with E-state index in [0.29, 0.717) is 36.4 Å². The van der Waals surface area contributed by atoms with Gasteiger partial charge in [0, 0.05) is 37.3 Å². The third-order valence-electron chi connectivity index (χ3n) is 7.60. The molecule has 4 rings (SSSR count). The van der Waals surface area contributed by atoms with Crippen LogP contribution < -0.4 is 4.74 Å². The van der Waals surface area contributed by atoms with Gasteiger partial charge in [0.05, 0.1) is 11.7 Å². The van der Waals surface area contributed by atoms with Crippen LogP contribution in [-0.4, -0.2) is 81.5 Å². The van der Waals surface area contributed by atoms with E-state index in [2.05, 4.69) is 4.90 Å². The van der Waals surface area contributed by atoms with Crippen molar-refractivity contribution in [3.63, 3.8) is 0 Å². The second-order valence-corrected chi connectivity index (χ2v) is 11.3. The molecule has 3 aromatic carbocycles. The van der Waals surface area contributed by atoms with Gasteiger partial charge in [0.25, 0.3) is 0 Å². The molecule has 0 bridgehead atoms. The number of carboxylic acids is 2. The first kappa shape index (κ1) is 37.8. The van der Waals surface area contributed by atoms with Crippen molar-refractivity contribution in [2.45, 2.75) is 57.8 Å². The first-order valence-electron chi connectivity index (χ1n) is 15.6. The van der Waals surface area contributed by atoms with Crippen molar-refractivity contribution in [3.05, 3.63) is 107 Å². The van der Waals surface area contributed by atoms with E-state index in [1.807, 2.05) is 6.92 Å². The van der Waals surface area contributed by atoms with Gasteiger partial charge in [0.15, 0.2) is 5.78 Å². The van der Waals surface area contributed by atoms with Crippen molar-refractivity contribution in [3.8, 4) is 11.5 Å². The minimum Gasteiger partial charge on any atom is -0.507 e. The molecule has 0 radical (unpaired) electrons. The van der Waals surface area contributed by atoms with E-state index in [1.165, 1.54) is 31.2 Å². The molecule has 48 heavy (non-hydrogen) atoms. The molecule has 0 aromatic heterocycles. The van der Waals surface area contributed by atoms with Gasteiger partial charge in [-0.3, -0.25) is 4.79 Å². The summed E-state index contributed by atoms with van der Waals surface area (Å²) >= 11 is 0. The zero-order valence-electron chi connectivity index (χ0n) is 26.9. The molecule has 0 saturated carbocycles. The predicted molar refractivity (Wildman–Crippen MR) is 173 cm³/mol. The molecular formula is C36H41F2NO9. The van der Waals surface area contributed by atoms with Crippen LogP contribution in [0.1, 0.15) is 66.3 Å². The number of β-amino-alcohol motifs (C(OH)–C–C–N with tert-alkyl or cyclic N) is 1. The van der Waals surface area contributed by atoms with Gasteiger partial charge in [-0.1, -0.05) is 37.6 Å². The molecule has 1 aliphatic rings. The minimum atomic E-state index is -1.26. The van der Waals surface area contributed by atoms with Crippen LogP contribution in [0, 0.1) is 11.6 Å². The van der Waals surface area contributed by atoms with Gasteiger partial charge in [-0.15, -0.1) is 0 Å². The molecule has 1 unspecified atom stereocenters. The predicted octanol–water partition coefficient (Wildman–Crippen LogP) is 5.55. The number of hydrogen-bond donors (Lipinski definition) is 4. The van der Waals surface area contributed by atoms with E-state index in [1.54, 1.807) is 36.4 Å². The quantitative estimate of drug-likeness (QED) is 0.127. The first-order chi connectivity index (χ1) is 22.9. The molecule has 1 saturated heterocycles. The summed E-state index contributed by atoms with van der Waals surface area (Å²) in [6.07, 6.45) is 2.69. The fraction of sp³-hybridized carbons (Fsp3) is 0.361. The number of aliphatic hydroxyl groups excluding tert-OH is 1. The fourth-order valence-electron chi connectivity index (χ4n) is 5.25. The highest BCUT2D eigenvalue weighted by atomic mass is 19.1. The second kappa shape index (κ2) is 18.6. The number of carbonyl (C=O) groups is 3. The molecular weight excluding hydrogens is 628 g/mol. The molecule has 258 valence electrons. The number of carboxylic acid groups (broad SMARTS) is 2. The maximum absolute atomic E-state index is 13.5. The highest BCUT2D eigenvalue weighted by Crippen LogP contribution is 2.33. The van der Waals surface area contributed by atoms with E-state index in [9.17, 15) is 33.4 Å². The van der Waals surface area contributed by atoms with Crippen LogP contribution in [0.25, 0.3) is 0 Å². The van der Waals surface area contributed by atoms with E-state index in [-0.39, 0.29) is 41.4 Å². The number of phenols is 1. The number of likely N-dealkylation sites (tertiary alicyclic amines) is 1. The lowest BCUT2D eigenvalue weighted by molar-refractivity contribution is -0.134. The van der Waals surface area contributed by atoms with Gasteiger partial charge in [-0.25, -0.2) is 18.4 Å². The smallest absolute Gasteiger partial charge is 0.328 e. The molecule has 1 heterocycles. The monoisotopic (exact) mass is 669 g/mol. The zero-order chi connectivity index (χ0) is 35.2. The third-order valence-corrected chi connectivity index (χ3v) is 7.60. The van der Waals surface area contributed by atoms with Gasteiger partial charge in [0.1, 0.15) is 41.9 Å². The molecule has 0 amide bonds. The second-order valence-electron chi connectivity index (χ2n) is 11.3. The Morgan fingerprint density at radius 1 is 0.896 bits per heavy atom. The molecule has 0 spiro atoms. The van der Waals surface area contributed by atoms with E-state index in [4.69, 9.17) is 19.7 Å². The Hall–Kier alpha value is -4.65. The van der Waals surface area contributed by atoms with Gasteiger partial charge >= 0.3 is 11.9 Å². The maximum atomic E-state index is 13.5. The number of ether oxygens (including phenoxy) is 2. The number of ketones is 1. The summed E-state index contributed by atoms with van der Waals surface area (Å²) in [5.41, 5.74) is 2.44. The van der Waals surface area contributed by atoms with Crippen LogP contribution >= 0.6 is 0 Å². The lowest BCUT2D eigenvalue weighted by Gasteiger charge is -2.35. The van der Waals surface area contributed by atoms with Gasteiger partial charge in [0.2, 0.25) is 0 Å². The van der Waals surface area contributed by atoms with Crippen LogP contribution in [0.2, 0.25) is 0 Å². The summed E-state index contributed by atoms with van der Waals surface area (Å²) in [6.45, 7) is 5.31. The van der Waals surface area contributed by atoms with Gasteiger partial charge in [-0.05, 0) is 73.7 Å². The Bertz CT molecular complexity index is 1470. The Balaban J connectivity index is 0.000000694. The first-order valence-corrected chi connectivity index (χ1v) is 15.6. The number of phenolic OH excluding ortho intramolecular Hbond substituents is 1. The Morgan fingerprint density at radius 3 is 1.88 bits per heavy atom. The normalized spacial score (nSPS) is 14.4. The molecule has 1 aliphatic heterocycles. The number of Topliss-reactive ketones (excluding diaryl/α,β-unsaturated/α-hetero) is 1. The average molecular weight is 670 g/mol. The van der Waals surface area contributed by atoms with Crippen molar-refractivity contribution < 1.29 is 53.1 Å². The summed E-state index contributed by atoms with van der Waals surface area (Å²) in [6, 6.07) is 15.6. The largest absolute Gasteiger partial charge is 0.507 e. The third kappa shape index (κ3) is 11.9. The number of carbonyl (C=O) groups excluding carboxylic acids is 1. The average Bonchev–Trinajstić information content (AvgIpc) is 3.05. The van der Waals surface area contributed by atoms with Crippen LogP contribution in [0.5, 0.6) is 11.5 Å². The Morgan fingerprint density at radius 2 is 1.42 bits per heavy atom. The molecule has 4 N–H and O–H groups in total. The lowest BCUT2D eigenvalue weighted by Crippen LogP contribution is -2.42. The molecule has 0 aliphatic carbocycles. The molecule has 10 nitrogen and oxygen atoms in total. The molecule has 1 fully saturated rings. The van der Waals surface area contributed by atoms with Gasteiger partial charge in [-0.2, -0.15) is 0 Å². The number of aromatic hydroxyl groups is 1. The highest BCUT2D eigenvalue weighted by molar-refractivity contribution is 5.97. The van der Waals surface area contributed by atoms with Crippen molar-refractivity contribution in [1.29, 1.82) is 0 Å². The number of rotatable bonds is 14. The lowest BCUT2D eigenvalue weighted by atomic mass is 9.99. The number of nitrogens with zero attached hydrogens (tertiary/aromatic N) is 1. The summed E-state index contributed by atoms with van der Waals surface area (Å²) in [7, 11) is 0. The van der Waals surface area contributed by atoms with E-state index in [0.717, 1.165) is 43.5 Å². The topological polar surface area (TPSA) is 154 Å². The number of piperidine rings is 1. The van der Waals surface area contributed by atoms with Crippen molar-refractivity contribution in [2.75, 3.05) is 26.2 Å². The van der Waals surface area contributed by atoms with Crippen LogP contribution in [0.15, 0.2) is 72.8 Å². The maximum Gasteiger partial charge on any atom is 0.328 e. The fourth-order valence-corrected chi connectivity index (χ4v) is 5.25. The summed E-state index contributed by atoms with van der Waals surface area (Å²) in [5, 5.41) is 36.8. The molecule has 12 heteroatoms. The van der Waals surface area contributed by atoms with Crippen LogP contribution in [0.3, 0.4) is 0 Å². The standard InChI is InChI=1S/C32H37F2NO5.C4H4O4/c1-3-4-29-30(14-13-28(21(2)36)31(29)38)39-20-26(37)19-35-17-15-27(16-18-35)40-32(22-5-9-24(33)10-6-22)23-7-11-25(34)12-8-23;5-3(6)1-2-4(7)8/h5-14,26-27,32,37-38H,3-4,15-20H2,1-2H3;1-2H,(H,5,6)(H,7,8)/b;2-1+. The van der Waals surface area contributed by atoms with Crippen molar-refractivity contribution in [1.82, 2.24) is 4.90 Å². The minimum absolute atomic E-state index is 0.0517. The van der Waals surface area contributed by atoms with Gasteiger partial charge < -0.3 is 34.8 Å². The van der Waals surface area contributed by atoms with Crippen LogP contribution in [0.4, 0.5) is 8.78 Å². The Labute approximate surface area is 277 Å². The number of hydrogen-bond acceptors (Lipinski definition) is 8. The Kier molecular flexibility index (Phi) is 14.7. The van der Waals surface area contributed by atoms with E-state index >= 15 is 0 Å².